The number of aromatic carboxylic acids is 2. The highest BCUT2D eigenvalue weighted by atomic mass is 16.4. The summed E-state index contributed by atoms with van der Waals surface area (Å²) in [5.41, 5.74) is -0.452. The minimum Gasteiger partial charge on any atom is -0.477 e. The molecule has 0 atom stereocenters. The Labute approximate surface area is 157 Å². The van der Waals surface area contributed by atoms with E-state index in [4.69, 9.17) is 0 Å². The van der Waals surface area contributed by atoms with Crippen LogP contribution in [0.5, 0.6) is 0 Å². The smallest absolute Gasteiger partial charge is 0.352 e. The topological polar surface area (TPSA) is 140 Å². The highest BCUT2D eigenvalue weighted by molar-refractivity contribution is 6.07. The average Bonchev–Trinajstić information content (AvgIpc) is 2.67. The van der Waals surface area contributed by atoms with E-state index in [0.717, 1.165) is 49.8 Å². The fourth-order valence-corrected chi connectivity index (χ4v) is 4.13. The SMILES string of the molecule is O=C(O)c1cc(=O)c2c([nH]1)c(C1CCCCC1)cc1c(=O)cc(C(=O)O)[nH]c12. The molecule has 144 valence electrons. The summed E-state index contributed by atoms with van der Waals surface area (Å²) < 4.78 is 0. The molecular formula is C20H18N2O6. The molecular weight excluding hydrogens is 364 g/mol. The van der Waals surface area contributed by atoms with Crippen molar-refractivity contribution in [2.75, 3.05) is 0 Å². The zero-order valence-corrected chi connectivity index (χ0v) is 14.9. The molecule has 1 fully saturated rings. The van der Waals surface area contributed by atoms with E-state index in [9.17, 15) is 29.4 Å². The van der Waals surface area contributed by atoms with E-state index < -0.39 is 22.8 Å². The Hall–Kier alpha value is -3.42. The molecule has 8 nitrogen and oxygen atoms in total. The number of H-pyrrole nitrogens is 2. The van der Waals surface area contributed by atoms with Gasteiger partial charge in [-0.3, -0.25) is 9.59 Å². The van der Waals surface area contributed by atoms with Crippen molar-refractivity contribution in [3.63, 3.8) is 0 Å². The molecule has 0 spiro atoms. The third-order valence-corrected chi connectivity index (χ3v) is 5.45. The van der Waals surface area contributed by atoms with Crippen LogP contribution < -0.4 is 10.9 Å². The summed E-state index contributed by atoms with van der Waals surface area (Å²) in [6.07, 6.45) is 4.90. The van der Waals surface area contributed by atoms with Gasteiger partial charge in [-0.25, -0.2) is 9.59 Å². The van der Waals surface area contributed by atoms with Crippen molar-refractivity contribution in [1.82, 2.24) is 9.97 Å². The van der Waals surface area contributed by atoms with Gasteiger partial charge in [0.15, 0.2) is 10.9 Å². The molecule has 2 heterocycles. The number of rotatable bonds is 3. The largest absolute Gasteiger partial charge is 0.477 e. The van der Waals surface area contributed by atoms with Crippen LogP contribution in [0.2, 0.25) is 0 Å². The molecule has 1 aromatic carbocycles. The molecule has 8 heteroatoms. The predicted molar refractivity (Wildman–Crippen MR) is 102 cm³/mol. The Morgan fingerprint density at radius 2 is 1.39 bits per heavy atom. The molecule has 0 unspecified atom stereocenters. The number of hydrogen-bond acceptors (Lipinski definition) is 4. The molecule has 0 aliphatic heterocycles. The van der Waals surface area contributed by atoms with Crippen LogP contribution in [0.4, 0.5) is 0 Å². The van der Waals surface area contributed by atoms with Crippen LogP contribution in [0.15, 0.2) is 27.8 Å². The molecule has 4 N–H and O–H groups in total. The van der Waals surface area contributed by atoms with Gasteiger partial charge in [-0.1, -0.05) is 19.3 Å². The first kappa shape index (κ1) is 18.0. The lowest BCUT2D eigenvalue weighted by Gasteiger charge is -2.24. The van der Waals surface area contributed by atoms with E-state index in [0.29, 0.717) is 5.52 Å². The van der Waals surface area contributed by atoms with Crippen LogP contribution >= 0.6 is 0 Å². The molecule has 1 saturated carbocycles. The maximum absolute atomic E-state index is 12.8. The van der Waals surface area contributed by atoms with Crippen LogP contribution in [-0.2, 0) is 0 Å². The van der Waals surface area contributed by atoms with Crippen molar-refractivity contribution in [2.24, 2.45) is 0 Å². The van der Waals surface area contributed by atoms with Crippen molar-refractivity contribution in [3.8, 4) is 0 Å². The van der Waals surface area contributed by atoms with Gasteiger partial charge >= 0.3 is 11.9 Å². The van der Waals surface area contributed by atoms with Crippen molar-refractivity contribution in [1.29, 1.82) is 0 Å². The summed E-state index contributed by atoms with van der Waals surface area (Å²) in [5, 5.41) is 18.9. The monoisotopic (exact) mass is 382 g/mol. The molecule has 0 saturated heterocycles. The fourth-order valence-electron chi connectivity index (χ4n) is 4.13. The number of carbonyl (C=O) groups is 2. The number of aromatic amines is 2. The lowest BCUT2D eigenvalue weighted by Crippen LogP contribution is -2.17. The molecule has 28 heavy (non-hydrogen) atoms. The van der Waals surface area contributed by atoms with Crippen LogP contribution in [0.25, 0.3) is 21.8 Å². The molecule has 0 bridgehead atoms. The summed E-state index contributed by atoms with van der Waals surface area (Å²) in [7, 11) is 0. The van der Waals surface area contributed by atoms with Gasteiger partial charge in [-0.05, 0) is 30.4 Å². The normalized spacial score (nSPS) is 15.1. The summed E-state index contributed by atoms with van der Waals surface area (Å²) in [4.78, 5) is 53.6. The zero-order chi connectivity index (χ0) is 20.0. The number of carboxylic acids is 2. The number of hydrogen-bond donors (Lipinski definition) is 4. The third kappa shape index (κ3) is 2.87. The lowest BCUT2D eigenvalue weighted by molar-refractivity contribution is 0.0680. The Morgan fingerprint density at radius 1 is 0.821 bits per heavy atom. The summed E-state index contributed by atoms with van der Waals surface area (Å²) in [5.74, 6) is -2.48. The predicted octanol–water partition coefficient (Wildman–Crippen LogP) is 2.81. The first-order valence-corrected chi connectivity index (χ1v) is 9.10. The number of pyridine rings is 2. The van der Waals surface area contributed by atoms with Gasteiger partial charge in [0, 0.05) is 17.5 Å². The summed E-state index contributed by atoms with van der Waals surface area (Å²) in [6.45, 7) is 0. The standard InChI is InChI=1S/C20H18N2O6/c23-14-7-12(19(25)26)22-18-11(14)6-10(9-4-2-1-3-5-9)17-16(18)15(24)8-13(21-17)20(27)28/h6-9H,1-5H2,(H,21,24)(H,22,23)(H,25,26)(H,27,28). The van der Waals surface area contributed by atoms with E-state index in [1.807, 2.05) is 0 Å². The molecule has 0 radical (unpaired) electrons. The van der Waals surface area contributed by atoms with E-state index >= 15 is 0 Å². The van der Waals surface area contributed by atoms with Crippen LogP contribution in [0.3, 0.4) is 0 Å². The molecule has 4 rings (SSSR count). The molecule has 3 aromatic rings. The second-order valence-corrected chi connectivity index (χ2v) is 7.18. The maximum Gasteiger partial charge on any atom is 0.352 e. The maximum atomic E-state index is 12.8. The second kappa shape index (κ2) is 6.63. The summed E-state index contributed by atoms with van der Waals surface area (Å²) >= 11 is 0. The Kier molecular flexibility index (Phi) is 4.26. The van der Waals surface area contributed by atoms with E-state index in [-0.39, 0.29) is 33.6 Å². The second-order valence-electron chi connectivity index (χ2n) is 7.18. The minimum absolute atomic E-state index is 0.0962. The zero-order valence-electron chi connectivity index (χ0n) is 14.9. The highest BCUT2D eigenvalue weighted by Gasteiger charge is 2.23. The third-order valence-electron chi connectivity index (χ3n) is 5.45. The van der Waals surface area contributed by atoms with Crippen molar-refractivity contribution in [3.05, 3.63) is 55.6 Å². The number of aromatic nitrogens is 2. The van der Waals surface area contributed by atoms with E-state index in [1.165, 1.54) is 0 Å². The summed E-state index contributed by atoms with van der Waals surface area (Å²) in [6, 6.07) is 3.63. The number of fused-ring (bicyclic) bond motifs is 3. The average molecular weight is 382 g/mol. The lowest BCUT2D eigenvalue weighted by atomic mass is 9.82. The number of carboxylic acid groups (broad SMARTS) is 2. The van der Waals surface area contributed by atoms with Gasteiger partial charge in [0.1, 0.15) is 11.4 Å². The molecule has 1 aliphatic carbocycles. The molecule has 2 aromatic heterocycles. The first-order valence-electron chi connectivity index (χ1n) is 9.10. The van der Waals surface area contributed by atoms with E-state index in [1.54, 1.807) is 6.07 Å². The van der Waals surface area contributed by atoms with Gasteiger partial charge in [0.2, 0.25) is 0 Å². The molecule has 1 aliphatic rings. The van der Waals surface area contributed by atoms with Gasteiger partial charge in [-0.2, -0.15) is 0 Å². The van der Waals surface area contributed by atoms with Crippen molar-refractivity contribution >= 4 is 33.7 Å². The van der Waals surface area contributed by atoms with Crippen LogP contribution in [0.1, 0.15) is 64.6 Å². The molecule has 0 amide bonds. The van der Waals surface area contributed by atoms with Gasteiger partial charge < -0.3 is 20.2 Å². The number of nitrogens with one attached hydrogen (secondary N) is 2. The van der Waals surface area contributed by atoms with Crippen LogP contribution in [-0.4, -0.2) is 32.1 Å². The van der Waals surface area contributed by atoms with Crippen molar-refractivity contribution in [2.45, 2.75) is 38.0 Å². The Balaban J connectivity index is 2.17. The van der Waals surface area contributed by atoms with Gasteiger partial charge in [0.25, 0.3) is 0 Å². The van der Waals surface area contributed by atoms with Gasteiger partial charge in [-0.15, -0.1) is 0 Å². The van der Waals surface area contributed by atoms with Gasteiger partial charge in [0.05, 0.1) is 16.4 Å². The minimum atomic E-state index is -1.32. The quantitative estimate of drug-likeness (QED) is 0.514. The van der Waals surface area contributed by atoms with E-state index in [2.05, 4.69) is 9.97 Å². The highest BCUT2D eigenvalue weighted by Crippen LogP contribution is 2.37. The van der Waals surface area contributed by atoms with Crippen molar-refractivity contribution < 1.29 is 19.8 Å². The Morgan fingerprint density at radius 3 is 2.00 bits per heavy atom. The van der Waals surface area contributed by atoms with Crippen LogP contribution in [0, 0.1) is 0 Å². The Bertz CT molecular complexity index is 1250. The number of benzene rings is 1. The first-order chi connectivity index (χ1) is 13.4. The fraction of sp³-hybridized carbons (Fsp3) is 0.300.